The van der Waals surface area contributed by atoms with Crippen LogP contribution < -0.4 is 4.90 Å². The van der Waals surface area contributed by atoms with Gasteiger partial charge in [0.2, 0.25) is 15.9 Å². The van der Waals surface area contributed by atoms with E-state index in [2.05, 4.69) is 6.07 Å². The molecule has 0 saturated heterocycles. The number of aryl methyl sites for hydroxylation is 1. The van der Waals surface area contributed by atoms with E-state index >= 15 is 0 Å². The molecule has 1 aliphatic rings. The Morgan fingerprint density at radius 3 is 2.65 bits per heavy atom. The second kappa shape index (κ2) is 7.45. The summed E-state index contributed by atoms with van der Waals surface area (Å²) in [6.45, 7) is 5.35. The topological polar surface area (TPSA) is 57.7 Å². The third-order valence-electron chi connectivity index (χ3n) is 4.02. The van der Waals surface area contributed by atoms with Gasteiger partial charge in [-0.3, -0.25) is 4.79 Å². The van der Waals surface area contributed by atoms with E-state index in [1.54, 1.807) is 4.90 Å². The monoisotopic (exact) mass is 338 g/mol. The number of para-hydroxylation sites is 1. The van der Waals surface area contributed by atoms with E-state index in [1.807, 2.05) is 32.0 Å². The fraction of sp³-hybridized carbons (Fsp3) is 0.588. The van der Waals surface area contributed by atoms with E-state index in [0.717, 1.165) is 18.5 Å². The van der Waals surface area contributed by atoms with Crippen LogP contribution in [0.3, 0.4) is 0 Å². The number of rotatable bonds is 6. The SMILES string of the molecule is CC(C)CN(CCC(=O)N1CCCc2ccccc21)S(C)(=O)=O. The second-order valence-electron chi connectivity index (χ2n) is 6.54. The molecule has 0 unspecified atom stereocenters. The van der Waals surface area contributed by atoms with Crippen LogP contribution >= 0.6 is 0 Å². The van der Waals surface area contributed by atoms with Gasteiger partial charge in [-0.2, -0.15) is 0 Å². The Morgan fingerprint density at radius 1 is 1.30 bits per heavy atom. The van der Waals surface area contributed by atoms with Crippen molar-refractivity contribution in [3.05, 3.63) is 29.8 Å². The first kappa shape index (κ1) is 17.9. The summed E-state index contributed by atoms with van der Waals surface area (Å²) in [5.41, 5.74) is 2.16. The summed E-state index contributed by atoms with van der Waals surface area (Å²) in [4.78, 5) is 14.4. The quantitative estimate of drug-likeness (QED) is 0.799. The summed E-state index contributed by atoms with van der Waals surface area (Å²) in [6.07, 6.45) is 3.36. The molecule has 23 heavy (non-hydrogen) atoms. The van der Waals surface area contributed by atoms with Crippen molar-refractivity contribution in [2.45, 2.75) is 33.1 Å². The molecule has 1 aromatic rings. The van der Waals surface area contributed by atoms with Gasteiger partial charge in [0.05, 0.1) is 6.26 Å². The van der Waals surface area contributed by atoms with Gasteiger partial charge in [0.15, 0.2) is 0 Å². The molecule has 1 amide bonds. The maximum atomic E-state index is 12.6. The summed E-state index contributed by atoms with van der Waals surface area (Å²) >= 11 is 0. The summed E-state index contributed by atoms with van der Waals surface area (Å²) < 4.78 is 25.1. The van der Waals surface area contributed by atoms with Crippen LogP contribution in [0.15, 0.2) is 24.3 Å². The Morgan fingerprint density at radius 2 is 2.00 bits per heavy atom. The van der Waals surface area contributed by atoms with Crippen LogP contribution in [0.4, 0.5) is 5.69 Å². The first-order valence-corrected chi connectivity index (χ1v) is 9.97. The molecule has 0 bridgehead atoms. The maximum absolute atomic E-state index is 12.6. The van der Waals surface area contributed by atoms with Gasteiger partial charge >= 0.3 is 0 Å². The van der Waals surface area contributed by atoms with E-state index in [1.165, 1.54) is 16.1 Å². The third kappa shape index (κ3) is 4.78. The van der Waals surface area contributed by atoms with Crippen molar-refractivity contribution in [3.8, 4) is 0 Å². The number of nitrogens with zero attached hydrogens (tertiary/aromatic N) is 2. The van der Waals surface area contributed by atoms with Crippen LogP contribution in [0.2, 0.25) is 0 Å². The lowest BCUT2D eigenvalue weighted by atomic mass is 10.0. The molecule has 0 fully saturated rings. The zero-order chi connectivity index (χ0) is 17.0. The van der Waals surface area contributed by atoms with Gasteiger partial charge < -0.3 is 4.90 Å². The average molecular weight is 338 g/mol. The molecule has 2 rings (SSSR count). The van der Waals surface area contributed by atoms with E-state index in [4.69, 9.17) is 0 Å². The van der Waals surface area contributed by atoms with Crippen molar-refractivity contribution in [1.29, 1.82) is 0 Å². The van der Waals surface area contributed by atoms with Crippen LogP contribution in [-0.4, -0.2) is 44.5 Å². The van der Waals surface area contributed by atoms with E-state index in [9.17, 15) is 13.2 Å². The zero-order valence-corrected chi connectivity index (χ0v) is 15.0. The molecular weight excluding hydrogens is 312 g/mol. The predicted molar refractivity (Wildman–Crippen MR) is 93.0 cm³/mol. The predicted octanol–water partition coefficient (Wildman–Crippen LogP) is 2.27. The van der Waals surface area contributed by atoms with E-state index < -0.39 is 10.0 Å². The smallest absolute Gasteiger partial charge is 0.228 e. The molecule has 128 valence electrons. The molecule has 0 aliphatic carbocycles. The Balaban J connectivity index is 2.05. The molecule has 6 heteroatoms. The van der Waals surface area contributed by atoms with Gasteiger partial charge in [0.25, 0.3) is 0 Å². The van der Waals surface area contributed by atoms with Crippen LogP contribution in [0.1, 0.15) is 32.3 Å². The first-order chi connectivity index (χ1) is 10.8. The molecule has 0 spiro atoms. The van der Waals surface area contributed by atoms with Crippen molar-refractivity contribution in [2.75, 3.05) is 30.8 Å². The van der Waals surface area contributed by atoms with Crippen molar-refractivity contribution in [1.82, 2.24) is 4.31 Å². The van der Waals surface area contributed by atoms with Gasteiger partial charge in [-0.15, -0.1) is 0 Å². The fourth-order valence-corrected chi connectivity index (χ4v) is 3.94. The second-order valence-corrected chi connectivity index (χ2v) is 8.52. The number of sulfonamides is 1. The van der Waals surface area contributed by atoms with Crippen molar-refractivity contribution >= 4 is 21.6 Å². The van der Waals surface area contributed by atoms with Crippen molar-refractivity contribution in [3.63, 3.8) is 0 Å². The third-order valence-corrected chi connectivity index (χ3v) is 5.29. The average Bonchev–Trinajstić information content (AvgIpc) is 2.49. The lowest BCUT2D eigenvalue weighted by Gasteiger charge is -2.30. The highest BCUT2D eigenvalue weighted by Gasteiger charge is 2.24. The molecular formula is C17H26N2O3S. The Bertz CT molecular complexity index is 656. The number of carbonyl (C=O) groups is 1. The lowest BCUT2D eigenvalue weighted by Crippen LogP contribution is -2.40. The minimum Gasteiger partial charge on any atom is -0.312 e. The molecule has 0 N–H and O–H groups in total. The number of hydrogen-bond donors (Lipinski definition) is 0. The normalized spacial score (nSPS) is 15.1. The van der Waals surface area contributed by atoms with Gasteiger partial charge in [-0.05, 0) is 30.4 Å². The molecule has 1 aromatic carbocycles. The van der Waals surface area contributed by atoms with Crippen LogP contribution in [0.5, 0.6) is 0 Å². The molecule has 0 aromatic heterocycles. The van der Waals surface area contributed by atoms with Crippen LogP contribution in [0, 0.1) is 5.92 Å². The number of carbonyl (C=O) groups excluding carboxylic acids is 1. The van der Waals surface area contributed by atoms with Gasteiger partial charge in [0, 0.05) is 31.7 Å². The zero-order valence-electron chi connectivity index (χ0n) is 14.2. The Labute approximate surface area is 139 Å². The Kier molecular flexibility index (Phi) is 5.81. The van der Waals surface area contributed by atoms with Gasteiger partial charge in [-0.1, -0.05) is 32.0 Å². The minimum atomic E-state index is -3.28. The summed E-state index contributed by atoms with van der Waals surface area (Å²) in [5.74, 6) is 0.227. The largest absolute Gasteiger partial charge is 0.312 e. The summed E-state index contributed by atoms with van der Waals surface area (Å²) in [7, 11) is -3.28. The molecule has 5 nitrogen and oxygen atoms in total. The van der Waals surface area contributed by atoms with Crippen LogP contribution in [-0.2, 0) is 21.2 Å². The molecule has 0 saturated carbocycles. The molecule has 0 atom stereocenters. The van der Waals surface area contributed by atoms with Crippen molar-refractivity contribution < 1.29 is 13.2 Å². The minimum absolute atomic E-state index is 0.00504. The number of amides is 1. The highest BCUT2D eigenvalue weighted by Crippen LogP contribution is 2.27. The van der Waals surface area contributed by atoms with Crippen LogP contribution in [0.25, 0.3) is 0 Å². The lowest BCUT2D eigenvalue weighted by molar-refractivity contribution is -0.118. The first-order valence-electron chi connectivity index (χ1n) is 8.12. The Hall–Kier alpha value is -1.40. The molecule has 0 radical (unpaired) electrons. The van der Waals surface area contributed by atoms with E-state index in [0.29, 0.717) is 13.1 Å². The fourth-order valence-electron chi connectivity index (χ4n) is 2.95. The number of fused-ring (bicyclic) bond motifs is 1. The highest BCUT2D eigenvalue weighted by molar-refractivity contribution is 7.88. The molecule has 1 aliphatic heterocycles. The highest BCUT2D eigenvalue weighted by atomic mass is 32.2. The van der Waals surface area contributed by atoms with Gasteiger partial charge in [0.1, 0.15) is 0 Å². The molecule has 1 heterocycles. The number of benzene rings is 1. The summed E-state index contributed by atoms with van der Waals surface area (Å²) in [5, 5.41) is 0. The number of anilines is 1. The maximum Gasteiger partial charge on any atom is 0.228 e. The summed E-state index contributed by atoms with van der Waals surface area (Å²) in [6, 6.07) is 7.94. The number of hydrogen-bond acceptors (Lipinski definition) is 3. The standard InChI is InChI=1S/C17H26N2O3S/c1-14(2)13-18(23(3,21)22)12-10-17(20)19-11-6-8-15-7-4-5-9-16(15)19/h4-5,7,9,14H,6,8,10-13H2,1-3H3. The van der Waals surface area contributed by atoms with E-state index in [-0.39, 0.29) is 24.8 Å². The van der Waals surface area contributed by atoms with Crippen molar-refractivity contribution in [2.24, 2.45) is 5.92 Å². The van der Waals surface area contributed by atoms with Gasteiger partial charge in [-0.25, -0.2) is 12.7 Å².